The number of furan rings is 1. The number of alkyl halides is 2. The van der Waals surface area contributed by atoms with Gasteiger partial charge in [0, 0.05) is 25.7 Å². The number of halogens is 2. The Hall–Kier alpha value is -2.61. The number of para-hydroxylation sites is 1. The first kappa shape index (κ1) is 20.1. The minimum atomic E-state index is -2.85. The van der Waals surface area contributed by atoms with Crippen LogP contribution in [0.1, 0.15) is 30.2 Å². The van der Waals surface area contributed by atoms with Gasteiger partial charge in [0.05, 0.1) is 12.3 Å². The summed E-state index contributed by atoms with van der Waals surface area (Å²) in [5, 5.41) is 6.47. The summed E-state index contributed by atoms with van der Waals surface area (Å²) in [5.74, 6) is 1.66. The van der Waals surface area contributed by atoms with Crippen molar-refractivity contribution in [3.63, 3.8) is 0 Å². The highest BCUT2D eigenvalue weighted by Gasteiger charge is 2.25. The highest BCUT2D eigenvalue weighted by Crippen LogP contribution is 2.25. The first-order chi connectivity index (χ1) is 13.7. The summed E-state index contributed by atoms with van der Waals surface area (Å²) in [7, 11) is 1.68. The van der Waals surface area contributed by atoms with E-state index >= 15 is 0 Å². The lowest BCUT2D eigenvalue weighted by Crippen LogP contribution is -2.42. The van der Waals surface area contributed by atoms with Crippen LogP contribution in [0.25, 0.3) is 0 Å². The SMILES string of the molecule is CN=C(NCc1ccccc1OC(F)F)NCC(c1ccco1)N1CCCC1. The fraction of sp³-hybridized carbons (Fsp3) is 0.450. The van der Waals surface area contributed by atoms with E-state index in [0.717, 1.165) is 18.8 Å². The molecule has 0 aliphatic carbocycles. The van der Waals surface area contributed by atoms with Crippen LogP contribution in [0.4, 0.5) is 8.78 Å². The molecule has 0 amide bonds. The number of benzene rings is 1. The molecule has 2 N–H and O–H groups in total. The molecule has 1 aliphatic rings. The molecule has 2 heterocycles. The summed E-state index contributed by atoms with van der Waals surface area (Å²) in [6, 6.07) is 10.7. The number of ether oxygens (including phenoxy) is 1. The van der Waals surface area contributed by atoms with Crippen LogP contribution in [0.3, 0.4) is 0 Å². The Kier molecular flexibility index (Phi) is 7.25. The zero-order chi connectivity index (χ0) is 19.8. The van der Waals surface area contributed by atoms with Crippen LogP contribution in [0.2, 0.25) is 0 Å². The van der Waals surface area contributed by atoms with E-state index in [1.807, 2.05) is 12.1 Å². The van der Waals surface area contributed by atoms with Gasteiger partial charge in [-0.15, -0.1) is 0 Å². The Bertz CT molecular complexity index is 746. The number of likely N-dealkylation sites (tertiary alicyclic amines) is 1. The lowest BCUT2D eigenvalue weighted by molar-refractivity contribution is -0.0504. The van der Waals surface area contributed by atoms with Gasteiger partial charge in [-0.05, 0) is 44.1 Å². The second kappa shape index (κ2) is 10.1. The number of rotatable bonds is 8. The van der Waals surface area contributed by atoms with Gasteiger partial charge in [0.1, 0.15) is 11.5 Å². The van der Waals surface area contributed by atoms with Gasteiger partial charge < -0.3 is 19.8 Å². The number of guanidine groups is 1. The Labute approximate surface area is 163 Å². The summed E-state index contributed by atoms with van der Waals surface area (Å²) in [5.41, 5.74) is 0.632. The van der Waals surface area contributed by atoms with Gasteiger partial charge in [0.15, 0.2) is 5.96 Å². The van der Waals surface area contributed by atoms with Crippen molar-refractivity contribution in [2.45, 2.75) is 32.0 Å². The molecule has 152 valence electrons. The molecule has 2 aromatic rings. The monoisotopic (exact) mass is 392 g/mol. The predicted molar refractivity (Wildman–Crippen MR) is 104 cm³/mol. The van der Waals surface area contributed by atoms with Crippen LogP contribution in [-0.4, -0.2) is 44.2 Å². The van der Waals surface area contributed by atoms with Gasteiger partial charge in [-0.2, -0.15) is 8.78 Å². The van der Waals surface area contributed by atoms with Crippen molar-refractivity contribution in [2.75, 3.05) is 26.7 Å². The normalized spacial score (nSPS) is 16.4. The number of hydrogen-bond acceptors (Lipinski definition) is 4. The average molecular weight is 392 g/mol. The van der Waals surface area contributed by atoms with Gasteiger partial charge >= 0.3 is 6.61 Å². The van der Waals surface area contributed by atoms with Crippen molar-refractivity contribution in [1.82, 2.24) is 15.5 Å². The summed E-state index contributed by atoms with van der Waals surface area (Å²) >= 11 is 0. The largest absolute Gasteiger partial charge is 0.468 e. The molecule has 28 heavy (non-hydrogen) atoms. The Morgan fingerprint density at radius 3 is 2.64 bits per heavy atom. The molecule has 3 rings (SSSR count). The zero-order valence-corrected chi connectivity index (χ0v) is 15.9. The van der Waals surface area contributed by atoms with Crippen LogP contribution in [0.15, 0.2) is 52.1 Å². The first-order valence-electron chi connectivity index (χ1n) is 9.42. The third-order valence-corrected chi connectivity index (χ3v) is 4.77. The summed E-state index contributed by atoms with van der Waals surface area (Å²) in [6.07, 6.45) is 4.06. The zero-order valence-electron chi connectivity index (χ0n) is 15.9. The van der Waals surface area contributed by atoms with Crippen LogP contribution in [0.5, 0.6) is 5.75 Å². The molecule has 1 fully saturated rings. The molecular formula is C20H26F2N4O2. The Balaban J connectivity index is 1.58. The maximum atomic E-state index is 12.6. The van der Waals surface area contributed by atoms with Gasteiger partial charge in [-0.3, -0.25) is 9.89 Å². The van der Waals surface area contributed by atoms with Gasteiger partial charge in [-0.25, -0.2) is 0 Å². The van der Waals surface area contributed by atoms with Crippen molar-refractivity contribution in [3.05, 3.63) is 54.0 Å². The topological polar surface area (TPSA) is 62.0 Å². The third-order valence-electron chi connectivity index (χ3n) is 4.77. The highest BCUT2D eigenvalue weighted by molar-refractivity contribution is 5.79. The molecule has 0 spiro atoms. The third kappa shape index (κ3) is 5.45. The quantitative estimate of drug-likeness (QED) is 0.533. The van der Waals surface area contributed by atoms with E-state index in [0.29, 0.717) is 24.6 Å². The molecule has 0 radical (unpaired) electrons. The van der Waals surface area contributed by atoms with Crippen molar-refractivity contribution in [1.29, 1.82) is 0 Å². The number of aliphatic imine (C=N–C) groups is 1. The molecule has 1 aliphatic heterocycles. The molecule has 1 unspecified atom stereocenters. The number of hydrogen-bond donors (Lipinski definition) is 2. The number of nitrogens with one attached hydrogen (secondary N) is 2. The van der Waals surface area contributed by atoms with Crippen LogP contribution in [-0.2, 0) is 6.54 Å². The smallest absolute Gasteiger partial charge is 0.387 e. The molecule has 0 bridgehead atoms. The van der Waals surface area contributed by atoms with E-state index in [9.17, 15) is 8.78 Å². The Morgan fingerprint density at radius 2 is 1.96 bits per heavy atom. The highest BCUT2D eigenvalue weighted by atomic mass is 19.3. The van der Waals surface area contributed by atoms with E-state index in [1.54, 1.807) is 31.5 Å². The van der Waals surface area contributed by atoms with E-state index in [-0.39, 0.29) is 11.8 Å². The maximum absolute atomic E-state index is 12.6. The minimum Gasteiger partial charge on any atom is -0.468 e. The average Bonchev–Trinajstić information content (AvgIpc) is 3.40. The van der Waals surface area contributed by atoms with Crippen molar-refractivity contribution >= 4 is 5.96 Å². The number of nitrogens with zero attached hydrogens (tertiary/aromatic N) is 2. The lowest BCUT2D eigenvalue weighted by Gasteiger charge is -2.26. The molecular weight excluding hydrogens is 366 g/mol. The summed E-state index contributed by atoms with van der Waals surface area (Å²) in [6.45, 7) is 0.169. The second-order valence-electron chi connectivity index (χ2n) is 6.57. The predicted octanol–water partition coefficient (Wildman–Crippen LogP) is 3.38. The molecule has 1 aromatic heterocycles. The molecule has 1 saturated heterocycles. The molecule has 6 nitrogen and oxygen atoms in total. The maximum Gasteiger partial charge on any atom is 0.387 e. The van der Waals surface area contributed by atoms with Gasteiger partial charge in [0.2, 0.25) is 0 Å². The van der Waals surface area contributed by atoms with E-state index in [1.165, 1.54) is 18.9 Å². The minimum absolute atomic E-state index is 0.116. The molecule has 0 saturated carbocycles. The van der Waals surface area contributed by atoms with Gasteiger partial charge in [0.25, 0.3) is 0 Å². The van der Waals surface area contributed by atoms with Crippen LogP contribution >= 0.6 is 0 Å². The lowest BCUT2D eigenvalue weighted by atomic mass is 10.2. The van der Waals surface area contributed by atoms with Gasteiger partial charge in [-0.1, -0.05) is 18.2 Å². The standard InChI is InChI=1S/C20H26F2N4O2/c1-23-20(24-13-15-7-2-3-8-17(15)28-19(21)22)25-14-16(18-9-6-12-27-18)26-10-4-5-11-26/h2-3,6-9,12,16,19H,4-5,10-11,13-14H2,1H3,(H2,23,24,25). The summed E-state index contributed by atoms with van der Waals surface area (Å²) in [4.78, 5) is 6.62. The summed E-state index contributed by atoms with van der Waals surface area (Å²) < 4.78 is 35.3. The van der Waals surface area contributed by atoms with Crippen molar-refractivity contribution in [3.8, 4) is 5.75 Å². The Morgan fingerprint density at radius 1 is 1.18 bits per heavy atom. The van der Waals surface area contributed by atoms with Crippen LogP contribution < -0.4 is 15.4 Å². The first-order valence-corrected chi connectivity index (χ1v) is 9.42. The van der Waals surface area contributed by atoms with E-state index < -0.39 is 6.61 Å². The fourth-order valence-corrected chi connectivity index (χ4v) is 3.40. The fourth-order valence-electron chi connectivity index (χ4n) is 3.40. The van der Waals surface area contributed by atoms with Crippen LogP contribution in [0, 0.1) is 0 Å². The van der Waals surface area contributed by atoms with E-state index in [2.05, 4.69) is 25.3 Å². The van der Waals surface area contributed by atoms with Crippen molar-refractivity contribution in [2.24, 2.45) is 4.99 Å². The molecule has 1 aromatic carbocycles. The second-order valence-corrected chi connectivity index (χ2v) is 6.57. The van der Waals surface area contributed by atoms with Crippen molar-refractivity contribution < 1.29 is 17.9 Å². The molecule has 1 atom stereocenters. The molecule has 8 heteroatoms. The van der Waals surface area contributed by atoms with E-state index in [4.69, 9.17) is 4.42 Å².